The normalized spacial score (nSPS) is 12.3. The minimum absolute atomic E-state index is 0.0703. The average molecular weight is 415 g/mol. The summed E-state index contributed by atoms with van der Waals surface area (Å²) >= 11 is 6.07. The van der Waals surface area contributed by atoms with Crippen molar-refractivity contribution >= 4 is 23.4 Å². The van der Waals surface area contributed by atoms with E-state index in [1.807, 2.05) is 70.2 Å². The fourth-order valence-electron chi connectivity index (χ4n) is 3.27. The molecule has 1 N–H and O–H groups in total. The van der Waals surface area contributed by atoms with Crippen LogP contribution in [0.2, 0.25) is 5.02 Å². The second-order valence-corrected chi connectivity index (χ2v) is 8.73. The molecule has 0 bridgehead atoms. The van der Waals surface area contributed by atoms with Crippen LogP contribution in [0, 0.1) is 0 Å². The standard InChI is InChI=1S/C24H31ClN2O2/c1-5-21(23(29)26-24(2,3)4)27(15-14-18-10-7-6-8-11-18)22(28)17-19-12-9-13-20(25)16-19/h6-13,16,21H,5,14-15,17H2,1-4H3,(H,26,29)/t21-/m1/s1. The van der Waals surface area contributed by atoms with Crippen molar-refractivity contribution in [2.45, 2.75) is 58.5 Å². The maximum absolute atomic E-state index is 13.2. The van der Waals surface area contributed by atoms with Crippen LogP contribution in [0.3, 0.4) is 0 Å². The summed E-state index contributed by atoms with van der Waals surface area (Å²) in [7, 11) is 0. The predicted octanol–water partition coefficient (Wildman–Crippen LogP) is 4.65. The van der Waals surface area contributed by atoms with Crippen molar-refractivity contribution < 1.29 is 9.59 Å². The Morgan fingerprint density at radius 1 is 1.03 bits per heavy atom. The zero-order chi connectivity index (χ0) is 21.4. The molecule has 0 spiro atoms. The van der Waals surface area contributed by atoms with Gasteiger partial charge in [0.05, 0.1) is 6.42 Å². The van der Waals surface area contributed by atoms with Crippen molar-refractivity contribution in [2.75, 3.05) is 6.54 Å². The largest absolute Gasteiger partial charge is 0.350 e. The molecule has 2 aromatic carbocycles. The number of rotatable bonds is 8. The Hall–Kier alpha value is -2.33. The van der Waals surface area contributed by atoms with Gasteiger partial charge in [-0.2, -0.15) is 0 Å². The fraction of sp³-hybridized carbons (Fsp3) is 0.417. The highest BCUT2D eigenvalue weighted by Gasteiger charge is 2.30. The van der Waals surface area contributed by atoms with Crippen LogP contribution in [0.5, 0.6) is 0 Å². The van der Waals surface area contributed by atoms with Gasteiger partial charge in [-0.15, -0.1) is 0 Å². The summed E-state index contributed by atoms with van der Waals surface area (Å²) in [6, 6.07) is 16.8. The number of nitrogens with one attached hydrogen (secondary N) is 1. The zero-order valence-corrected chi connectivity index (χ0v) is 18.5. The quantitative estimate of drug-likeness (QED) is 0.683. The maximum Gasteiger partial charge on any atom is 0.243 e. The first-order valence-corrected chi connectivity index (χ1v) is 10.5. The minimum atomic E-state index is -0.510. The van der Waals surface area contributed by atoms with Crippen LogP contribution in [0.25, 0.3) is 0 Å². The number of nitrogens with zero attached hydrogens (tertiary/aromatic N) is 1. The first-order valence-electron chi connectivity index (χ1n) is 10.1. The third-order valence-corrected chi connectivity index (χ3v) is 4.85. The second-order valence-electron chi connectivity index (χ2n) is 8.29. The van der Waals surface area contributed by atoms with E-state index in [4.69, 9.17) is 11.6 Å². The molecule has 2 aromatic rings. The maximum atomic E-state index is 13.2. The molecular weight excluding hydrogens is 384 g/mol. The van der Waals surface area contributed by atoms with E-state index in [-0.39, 0.29) is 23.8 Å². The molecule has 5 heteroatoms. The highest BCUT2D eigenvalue weighted by Crippen LogP contribution is 2.16. The third kappa shape index (κ3) is 7.54. The highest BCUT2D eigenvalue weighted by atomic mass is 35.5. The smallest absolute Gasteiger partial charge is 0.243 e. The van der Waals surface area contributed by atoms with Crippen LogP contribution in [-0.4, -0.2) is 34.8 Å². The third-order valence-electron chi connectivity index (χ3n) is 4.61. The monoisotopic (exact) mass is 414 g/mol. The van der Waals surface area contributed by atoms with Gasteiger partial charge in [0.2, 0.25) is 11.8 Å². The van der Waals surface area contributed by atoms with Crippen molar-refractivity contribution in [3.05, 3.63) is 70.7 Å². The molecule has 0 saturated carbocycles. The number of amides is 2. The molecule has 0 fully saturated rings. The lowest BCUT2D eigenvalue weighted by Crippen LogP contribution is -2.54. The van der Waals surface area contributed by atoms with Crippen LogP contribution in [0.1, 0.15) is 45.2 Å². The van der Waals surface area contributed by atoms with E-state index >= 15 is 0 Å². The van der Waals surface area contributed by atoms with Gasteiger partial charge in [-0.3, -0.25) is 9.59 Å². The summed E-state index contributed by atoms with van der Waals surface area (Å²) in [6.45, 7) is 8.26. The Morgan fingerprint density at radius 3 is 2.28 bits per heavy atom. The van der Waals surface area contributed by atoms with Gasteiger partial charge in [-0.1, -0.05) is 61.0 Å². The Labute approximate surface area is 179 Å². The Kier molecular flexibility index (Phi) is 8.27. The van der Waals surface area contributed by atoms with Gasteiger partial charge >= 0.3 is 0 Å². The summed E-state index contributed by atoms with van der Waals surface area (Å²) in [5.74, 6) is -0.188. The van der Waals surface area contributed by atoms with Gasteiger partial charge in [-0.05, 0) is 56.9 Å². The highest BCUT2D eigenvalue weighted by molar-refractivity contribution is 6.30. The van der Waals surface area contributed by atoms with Gasteiger partial charge < -0.3 is 10.2 Å². The van der Waals surface area contributed by atoms with E-state index in [0.717, 1.165) is 11.1 Å². The van der Waals surface area contributed by atoms with E-state index < -0.39 is 6.04 Å². The van der Waals surface area contributed by atoms with Gasteiger partial charge in [0.25, 0.3) is 0 Å². The predicted molar refractivity (Wildman–Crippen MR) is 119 cm³/mol. The molecule has 0 saturated heterocycles. The average Bonchev–Trinajstić information content (AvgIpc) is 2.64. The molecule has 0 aliphatic heterocycles. The molecule has 29 heavy (non-hydrogen) atoms. The molecule has 0 unspecified atom stereocenters. The molecule has 2 amide bonds. The second kappa shape index (κ2) is 10.4. The number of hydrogen-bond acceptors (Lipinski definition) is 2. The van der Waals surface area contributed by atoms with E-state index in [1.54, 1.807) is 17.0 Å². The van der Waals surface area contributed by atoms with Crippen molar-refractivity contribution in [3.63, 3.8) is 0 Å². The Morgan fingerprint density at radius 2 is 1.69 bits per heavy atom. The Bertz CT molecular complexity index is 815. The van der Waals surface area contributed by atoms with Crippen molar-refractivity contribution in [3.8, 4) is 0 Å². The van der Waals surface area contributed by atoms with Crippen LogP contribution >= 0.6 is 11.6 Å². The number of halogens is 1. The van der Waals surface area contributed by atoms with E-state index in [1.165, 1.54) is 0 Å². The number of carbonyl (C=O) groups excluding carboxylic acids is 2. The summed E-state index contributed by atoms with van der Waals surface area (Å²) in [6.07, 6.45) is 1.47. The van der Waals surface area contributed by atoms with E-state index in [9.17, 15) is 9.59 Å². The van der Waals surface area contributed by atoms with Gasteiger partial charge in [0, 0.05) is 17.1 Å². The van der Waals surface area contributed by atoms with Crippen molar-refractivity contribution in [1.82, 2.24) is 10.2 Å². The lowest BCUT2D eigenvalue weighted by molar-refractivity contribution is -0.140. The van der Waals surface area contributed by atoms with Crippen LogP contribution in [0.4, 0.5) is 0 Å². The summed E-state index contributed by atoms with van der Waals surface area (Å²) in [5, 5.41) is 3.62. The van der Waals surface area contributed by atoms with Gasteiger partial charge in [0.15, 0.2) is 0 Å². The molecule has 0 aliphatic rings. The molecule has 0 radical (unpaired) electrons. The summed E-state index contributed by atoms with van der Waals surface area (Å²) in [5.41, 5.74) is 1.63. The van der Waals surface area contributed by atoms with E-state index in [0.29, 0.717) is 24.4 Å². The number of hydrogen-bond donors (Lipinski definition) is 1. The number of benzene rings is 2. The molecule has 0 heterocycles. The number of carbonyl (C=O) groups is 2. The van der Waals surface area contributed by atoms with Gasteiger partial charge in [-0.25, -0.2) is 0 Å². The fourth-order valence-corrected chi connectivity index (χ4v) is 3.48. The molecule has 1 atom stereocenters. The van der Waals surface area contributed by atoms with E-state index in [2.05, 4.69) is 5.32 Å². The zero-order valence-electron chi connectivity index (χ0n) is 17.7. The first-order chi connectivity index (χ1) is 13.7. The van der Waals surface area contributed by atoms with Crippen molar-refractivity contribution in [1.29, 1.82) is 0 Å². The molecule has 2 rings (SSSR count). The van der Waals surface area contributed by atoms with Crippen LogP contribution in [0.15, 0.2) is 54.6 Å². The molecular formula is C24H31ClN2O2. The summed E-state index contributed by atoms with van der Waals surface area (Å²) < 4.78 is 0. The van der Waals surface area contributed by atoms with Crippen molar-refractivity contribution in [2.24, 2.45) is 0 Å². The summed E-state index contributed by atoms with van der Waals surface area (Å²) in [4.78, 5) is 27.9. The topological polar surface area (TPSA) is 49.4 Å². The Balaban J connectivity index is 2.22. The molecule has 0 aliphatic carbocycles. The van der Waals surface area contributed by atoms with Crippen LogP contribution in [-0.2, 0) is 22.4 Å². The lowest BCUT2D eigenvalue weighted by Gasteiger charge is -2.33. The van der Waals surface area contributed by atoms with Gasteiger partial charge in [0.1, 0.15) is 6.04 Å². The SMILES string of the molecule is CC[C@H](C(=O)NC(C)(C)C)N(CCc1ccccc1)C(=O)Cc1cccc(Cl)c1. The molecule has 0 aromatic heterocycles. The molecule has 156 valence electrons. The minimum Gasteiger partial charge on any atom is -0.350 e. The lowest BCUT2D eigenvalue weighted by atomic mass is 10.0. The van der Waals surface area contributed by atoms with Crippen LogP contribution < -0.4 is 5.32 Å². The molecule has 4 nitrogen and oxygen atoms in total. The first kappa shape index (κ1) is 23.0.